The third kappa shape index (κ3) is 5.20. The van der Waals surface area contributed by atoms with Gasteiger partial charge in [0.25, 0.3) is 5.91 Å². The quantitative estimate of drug-likeness (QED) is 0.869. The van der Waals surface area contributed by atoms with Gasteiger partial charge in [-0.25, -0.2) is 0 Å². The summed E-state index contributed by atoms with van der Waals surface area (Å²) in [7, 11) is 0. The molecule has 1 heterocycles. The Labute approximate surface area is 122 Å². The summed E-state index contributed by atoms with van der Waals surface area (Å²) in [5.74, 6) is 1.18. The van der Waals surface area contributed by atoms with E-state index in [9.17, 15) is 4.79 Å². The van der Waals surface area contributed by atoms with Crippen molar-refractivity contribution in [3.05, 3.63) is 28.7 Å². The number of hydrogen-bond acceptors (Lipinski definition) is 3. The number of benzene rings is 1. The molecule has 104 valence electrons. The predicted molar refractivity (Wildman–Crippen MR) is 78.2 cm³/mol. The molecule has 0 bridgehead atoms. The Kier molecular flexibility index (Phi) is 5.66. The highest BCUT2D eigenvalue weighted by atomic mass is 79.9. The number of amides is 1. The average Bonchev–Trinajstić information content (AvgIpc) is 2.44. The van der Waals surface area contributed by atoms with E-state index >= 15 is 0 Å². The first-order valence-electron chi connectivity index (χ1n) is 6.60. The minimum atomic E-state index is -0.0643. The molecule has 19 heavy (non-hydrogen) atoms. The predicted octanol–water partition coefficient (Wildman–Crippen LogP) is 1.94. The molecule has 1 aliphatic heterocycles. The fourth-order valence-electron chi connectivity index (χ4n) is 2.11. The van der Waals surface area contributed by atoms with Gasteiger partial charge in [0.15, 0.2) is 6.61 Å². The molecule has 1 saturated heterocycles. The van der Waals surface area contributed by atoms with Gasteiger partial charge in [-0.1, -0.05) is 22.0 Å². The van der Waals surface area contributed by atoms with E-state index in [0.29, 0.717) is 11.7 Å². The summed E-state index contributed by atoms with van der Waals surface area (Å²) in [4.78, 5) is 11.7. The minimum Gasteiger partial charge on any atom is -0.484 e. The molecule has 1 unspecified atom stereocenters. The van der Waals surface area contributed by atoms with Gasteiger partial charge in [-0.2, -0.15) is 0 Å². The van der Waals surface area contributed by atoms with Crippen molar-refractivity contribution in [2.75, 3.05) is 26.2 Å². The van der Waals surface area contributed by atoms with Crippen LogP contribution in [0.25, 0.3) is 0 Å². The number of ether oxygens (including phenoxy) is 1. The summed E-state index contributed by atoms with van der Waals surface area (Å²) in [6.07, 6.45) is 2.37. The Morgan fingerprint density at radius 1 is 1.53 bits per heavy atom. The van der Waals surface area contributed by atoms with E-state index in [1.807, 2.05) is 24.3 Å². The van der Waals surface area contributed by atoms with E-state index in [2.05, 4.69) is 26.6 Å². The zero-order valence-electron chi connectivity index (χ0n) is 10.8. The normalized spacial score (nSPS) is 18.9. The van der Waals surface area contributed by atoms with E-state index < -0.39 is 0 Å². The highest BCUT2D eigenvalue weighted by Crippen LogP contribution is 2.17. The van der Waals surface area contributed by atoms with Crippen LogP contribution >= 0.6 is 15.9 Å². The third-order valence-corrected chi connectivity index (χ3v) is 3.65. The maximum atomic E-state index is 11.7. The van der Waals surface area contributed by atoms with E-state index in [0.717, 1.165) is 24.1 Å². The number of rotatable bonds is 5. The van der Waals surface area contributed by atoms with Crippen LogP contribution in [0, 0.1) is 5.92 Å². The third-order valence-electron chi connectivity index (χ3n) is 3.15. The van der Waals surface area contributed by atoms with Gasteiger partial charge < -0.3 is 15.4 Å². The lowest BCUT2D eigenvalue weighted by molar-refractivity contribution is -0.123. The van der Waals surface area contributed by atoms with E-state index in [4.69, 9.17) is 4.74 Å². The van der Waals surface area contributed by atoms with Crippen LogP contribution in [-0.2, 0) is 4.79 Å². The largest absolute Gasteiger partial charge is 0.484 e. The summed E-state index contributed by atoms with van der Waals surface area (Å²) in [6, 6.07) is 7.48. The van der Waals surface area contributed by atoms with Crippen LogP contribution in [0.3, 0.4) is 0 Å². The van der Waals surface area contributed by atoms with Crippen LogP contribution in [0.5, 0.6) is 5.75 Å². The summed E-state index contributed by atoms with van der Waals surface area (Å²) < 4.78 is 6.37. The number of carbonyl (C=O) groups excluding carboxylic acids is 1. The molecule has 2 N–H and O–H groups in total. The summed E-state index contributed by atoms with van der Waals surface area (Å²) in [5, 5.41) is 6.26. The highest BCUT2D eigenvalue weighted by molar-refractivity contribution is 9.10. The molecule has 1 fully saturated rings. The van der Waals surface area contributed by atoms with Gasteiger partial charge in [0.1, 0.15) is 5.75 Å². The Morgan fingerprint density at radius 3 is 3.16 bits per heavy atom. The van der Waals surface area contributed by atoms with Crippen LogP contribution in [0.15, 0.2) is 28.7 Å². The lowest BCUT2D eigenvalue weighted by Gasteiger charge is -2.22. The second-order valence-corrected chi connectivity index (χ2v) is 5.68. The first kappa shape index (κ1) is 14.3. The molecule has 1 aromatic rings. The maximum absolute atomic E-state index is 11.7. The molecule has 2 rings (SSSR count). The van der Waals surface area contributed by atoms with Gasteiger partial charge >= 0.3 is 0 Å². The Balaban J connectivity index is 1.66. The highest BCUT2D eigenvalue weighted by Gasteiger charge is 2.13. The number of halogens is 1. The molecule has 0 spiro atoms. The monoisotopic (exact) mass is 326 g/mol. The second kappa shape index (κ2) is 7.50. The van der Waals surface area contributed by atoms with Crippen molar-refractivity contribution in [3.8, 4) is 5.75 Å². The van der Waals surface area contributed by atoms with Crippen molar-refractivity contribution in [2.45, 2.75) is 12.8 Å². The van der Waals surface area contributed by atoms with Crippen molar-refractivity contribution in [3.63, 3.8) is 0 Å². The number of piperidine rings is 1. The number of carbonyl (C=O) groups is 1. The first-order valence-corrected chi connectivity index (χ1v) is 7.39. The SMILES string of the molecule is O=C(COc1cccc(Br)c1)NCC1CCCNC1. The first-order chi connectivity index (χ1) is 9.24. The topological polar surface area (TPSA) is 50.4 Å². The number of nitrogens with one attached hydrogen (secondary N) is 2. The van der Waals surface area contributed by atoms with Crippen molar-refractivity contribution in [1.82, 2.24) is 10.6 Å². The lowest BCUT2D eigenvalue weighted by Crippen LogP contribution is -2.39. The van der Waals surface area contributed by atoms with Gasteiger partial charge in [0.2, 0.25) is 0 Å². The zero-order chi connectivity index (χ0) is 13.5. The smallest absolute Gasteiger partial charge is 0.257 e. The molecule has 1 aromatic carbocycles. The van der Waals surface area contributed by atoms with E-state index in [1.165, 1.54) is 12.8 Å². The summed E-state index contributed by atoms with van der Waals surface area (Å²) in [6.45, 7) is 2.88. The second-order valence-electron chi connectivity index (χ2n) is 4.76. The molecule has 0 aromatic heterocycles. The van der Waals surface area contributed by atoms with Crippen LogP contribution in [-0.4, -0.2) is 32.1 Å². The molecule has 1 atom stereocenters. The van der Waals surface area contributed by atoms with E-state index in [1.54, 1.807) is 0 Å². The Bertz CT molecular complexity index is 420. The van der Waals surface area contributed by atoms with Gasteiger partial charge in [-0.3, -0.25) is 4.79 Å². The molecule has 4 nitrogen and oxygen atoms in total. The van der Waals surface area contributed by atoms with Crippen molar-refractivity contribution in [1.29, 1.82) is 0 Å². The average molecular weight is 327 g/mol. The Morgan fingerprint density at radius 2 is 2.42 bits per heavy atom. The van der Waals surface area contributed by atoms with Gasteiger partial charge in [0.05, 0.1) is 0 Å². The summed E-state index contributed by atoms with van der Waals surface area (Å²) in [5.41, 5.74) is 0. The van der Waals surface area contributed by atoms with E-state index in [-0.39, 0.29) is 12.5 Å². The van der Waals surface area contributed by atoms with Crippen molar-refractivity contribution < 1.29 is 9.53 Å². The van der Waals surface area contributed by atoms with Gasteiger partial charge in [0, 0.05) is 11.0 Å². The molecular weight excluding hydrogens is 308 g/mol. The maximum Gasteiger partial charge on any atom is 0.257 e. The molecule has 5 heteroatoms. The van der Waals surface area contributed by atoms with Crippen molar-refractivity contribution in [2.24, 2.45) is 5.92 Å². The van der Waals surface area contributed by atoms with Gasteiger partial charge in [-0.15, -0.1) is 0 Å². The lowest BCUT2D eigenvalue weighted by atomic mass is 10.00. The van der Waals surface area contributed by atoms with Crippen LogP contribution in [0.4, 0.5) is 0 Å². The molecule has 1 aliphatic rings. The summed E-state index contributed by atoms with van der Waals surface area (Å²) >= 11 is 3.36. The zero-order valence-corrected chi connectivity index (χ0v) is 12.4. The molecule has 0 radical (unpaired) electrons. The van der Waals surface area contributed by atoms with Crippen LogP contribution in [0.1, 0.15) is 12.8 Å². The molecular formula is C14H19BrN2O2. The van der Waals surface area contributed by atoms with Crippen molar-refractivity contribution >= 4 is 21.8 Å². The van der Waals surface area contributed by atoms with Gasteiger partial charge in [-0.05, 0) is 50.0 Å². The molecule has 0 aliphatic carbocycles. The minimum absolute atomic E-state index is 0.0643. The molecule has 1 amide bonds. The Hall–Kier alpha value is -1.07. The fourth-order valence-corrected chi connectivity index (χ4v) is 2.49. The van der Waals surface area contributed by atoms with Crippen LogP contribution < -0.4 is 15.4 Å². The fraction of sp³-hybridized carbons (Fsp3) is 0.500. The number of hydrogen-bond donors (Lipinski definition) is 2. The standard InChI is InChI=1S/C14H19BrN2O2/c15-12-4-1-5-13(7-12)19-10-14(18)17-9-11-3-2-6-16-8-11/h1,4-5,7,11,16H,2-3,6,8-10H2,(H,17,18). The molecule has 0 saturated carbocycles. The van der Waals surface area contributed by atoms with Crippen LogP contribution in [0.2, 0.25) is 0 Å².